The van der Waals surface area contributed by atoms with Gasteiger partial charge in [0.05, 0.1) is 23.6 Å². The number of quaternary nitrogens is 1. The Morgan fingerprint density at radius 1 is 1.12 bits per heavy atom. The fraction of sp³-hybridized carbons (Fsp3) is 0.235. The molecule has 0 aliphatic rings. The van der Waals surface area contributed by atoms with E-state index in [0.29, 0.717) is 15.7 Å². The van der Waals surface area contributed by atoms with E-state index in [1.54, 1.807) is 55.6 Å². The maximum atomic E-state index is 12.0. The summed E-state index contributed by atoms with van der Waals surface area (Å²) in [6.07, 6.45) is 0. The van der Waals surface area contributed by atoms with E-state index in [-0.39, 0.29) is 30.5 Å². The van der Waals surface area contributed by atoms with Crippen molar-refractivity contribution < 1.29 is 22.3 Å². The second-order valence-corrected chi connectivity index (χ2v) is 8.22. The lowest BCUT2D eigenvalue weighted by Gasteiger charge is -2.14. The topological polar surface area (TPSA) is 76.9 Å². The number of amides is 1. The number of carbonyl (C=O) groups excluding carboxylic acids is 1. The third-order valence-corrected chi connectivity index (χ3v) is 5.30. The molecule has 0 aromatic heterocycles. The number of nitrogens with one attached hydrogen (secondary N) is 2. The molecule has 1 unspecified atom stereocenters. The Labute approximate surface area is 162 Å². The first kappa shape index (κ1) is 20.5. The first-order valence-corrected chi connectivity index (χ1v) is 10.1. The summed E-state index contributed by atoms with van der Waals surface area (Å²) in [4.78, 5) is 12.8. The quantitative estimate of drug-likeness (QED) is 0.642. The van der Waals surface area contributed by atoms with Gasteiger partial charge in [-0.2, -0.15) is 8.42 Å². The molecule has 2 aromatic rings. The third-order valence-electron chi connectivity index (χ3n) is 3.41. The van der Waals surface area contributed by atoms with Gasteiger partial charge < -0.3 is 14.4 Å². The summed E-state index contributed by atoms with van der Waals surface area (Å²) in [6, 6.07) is 13.1. The Kier molecular flexibility index (Phi) is 7.28. The van der Waals surface area contributed by atoms with E-state index in [1.807, 2.05) is 0 Å². The molecule has 2 N–H and O–H groups in total. The van der Waals surface area contributed by atoms with Crippen molar-refractivity contribution in [2.75, 3.05) is 31.2 Å². The summed E-state index contributed by atoms with van der Waals surface area (Å²) in [5, 5.41) is 3.44. The van der Waals surface area contributed by atoms with Crippen LogP contribution in [0.2, 0.25) is 10.0 Å². The molecule has 9 heteroatoms. The highest BCUT2D eigenvalue weighted by atomic mass is 35.5. The van der Waals surface area contributed by atoms with Crippen LogP contribution >= 0.6 is 23.2 Å². The fourth-order valence-corrected chi connectivity index (χ4v) is 3.49. The van der Waals surface area contributed by atoms with Crippen LogP contribution in [0, 0.1) is 0 Å². The molecule has 0 aliphatic heterocycles. The van der Waals surface area contributed by atoms with Crippen molar-refractivity contribution >= 4 is 44.9 Å². The number of carbonyl (C=O) groups is 1. The number of benzene rings is 2. The Hall–Kier alpha value is -1.80. The highest BCUT2D eigenvalue weighted by Gasteiger charge is 2.18. The molecule has 140 valence electrons. The largest absolute Gasteiger partial charge is 0.382 e. The van der Waals surface area contributed by atoms with Crippen LogP contribution in [-0.4, -0.2) is 40.2 Å². The van der Waals surface area contributed by atoms with Crippen molar-refractivity contribution in [3.63, 3.8) is 0 Å². The van der Waals surface area contributed by atoms with Crippen LogP contribution < -0.4 is 14.4 Å². The van der Waals surface area contributed by atoms with Crippen LogP contribution in [0.5, 0.6) is 5.75 Å². The summed E-state index contributed by atoms with van der Waals surface area (Å²) < 4.78 is 29.0. The van der Waals surface area contributed by atoms with Crippen molar-refractivity contribution in [1.29, 1.82) is 0 Å². The second-order valence-electron chi connectivity index (χ2n) is 5.72. The van der Waals surface area contributed by atoms with E-state index >= 15 is 0 Å². The van der Waals surface area contributed by atoms with Gasteiger partial charge in [0.2, 0.25) is 0 Å². The van der Waals surface area contributed by atoms with Gasteiger partial charge >= 0.3 is 10.1 Å². The SMILES string of the molecule is C[NH+](CCS(=O)(=O)Oc1ccccc1)CC(=O)Nc1ccc(Cl)c(Cl)c1. The molecule has 1 amide bonds. The van der Waals surface area contributed by atoms with E-state index in [2.05, 4.69) is 5.32 Å². The number of rotatable bonds is 8. The molecular formula is C17H19Cl2N2O4S+. The van der Waals surface area contributed by atoms with Crippen LogP contribution in [0.3, 0.4) is 0 Å². The van der Waals surface area contributed by atoms with Crippen LogP contribution in [-0.2, 0) is 14.9 Å². The van der Waals surface area contributed by atoms with Gasteiger partial charge in [0.25, 0.3) is 5.91 Å². The predicted molar refractivity (Wildman–Crippen MR) is 103 cm³/mol. The van der Waals surface area contributed by atoms with Crippen LogP contribution in [0.4, 0.5) is 5.69 Å². The summed E-state index contributed by atoms with van der Waals surface area (Å²) >= 11 is 11.7. The van der Waals surface area contributed by atoms with Gasteiger partial charge in [-0.3, -0.25) is 4.79 Å². The van der Waals surface area contributed by atoms with E-state index in [1.165, 1.54) is 0 Å². The van der Waals surface area contributed by atoms with Crippen LogP contribution in [0.25, 0.3) is 0 Å². The lowest BCUT2D eigenvalue weighted by molar-refractivity contribution is -0.868. The molecule has 0 saturated heterocycles. The van der Waals surface area contributed by atoms with Gasteiger partial charge in [-0.1, -0.05) is 41.4 Å². The molecule has 2 rings (SSSR count). The zero-order valence-corrected chi connectivity index (χ0v) is 16.4. The fourth-order valence-electron chi connectivity index (χ4n) is 2.11. The second kappa shape index (κ2) is 9.23. The Morgan fingerprint density at radius 2 is 1.81 bits per heavy atom. The average Bonchev–Trinajstić information content (AvgIpc) is 2.57. The van der Waals surface area contributed by atoms with Gasteiger partial charge in [0.15, 0.2) is 6.54 Å². The van der Waals surface area contributed by atoms with Gasteiger partial charge in [0.1, 0.15) is 11.5 Å². The molecule has 26 heavy (non-hydrogen) atoms. The van der Waals surface area contributed by atoms with E-state index in [9.17, 15) is 13.2 Å². The molecule has 0 bridgehead atoms. The standard InChI is InChI=1S/C17H18Cl2N2O4S/c1-21(9-10-26(23,24)25-14-5-3-2-4-6-14)12-17(22)20-13-7-8-15(18)16(19)11-13/h2-8,11H,9-10,12H2,1H3,(H,20,22)/p+1. The summed E-state index contributed by atoms with van der Waals surface area (Å²) in [5.74, 6) is -0.196. The smallest absolute Gasteiger partial charge is 0.314 e. The number of anilines is 1. The molecule has 0 fully saturated rings. The Bertz CT molecular complexity index is 860. The number of para-hydroxylation sites is 1. The zero-order chi connectivity index (χ0) is 19.2. The van der Waals surface area contributed by atoms with Gasteiger partial charge in [-0.15, -0.1) is 0 Å². The molecule has 0 radical (unpaired) electrons. The van der Waals surface area contributed by atoms with E-state index < -0.39 is 10.1 Å². The molecule has 1 atom stereocenters. The molecule has 0 spiro atoms. The van der Waals surface area contributed by atoms with Crippen molar-refractivity contribution in [2.24, 2.45) is 0 Å². The van der Waals surface area contributed by atoms with Crippen LogP contribution in [0.15, 0.2) is 48.5 Å². The number of halogens is 2. The van der Waals surface area contributed by atoms with E-state index in [4.69, 9.17) is 27.4 Å². The minimum atomic E-state index is -3.72. The third kappa shape index (κ3) is 6.84. The normalized spacial score (nSPS) is 12.4. The maximum Gasteiger partial charge on any atom is 0.314 e. The lowest BCUT2D eigenvalue weighted by Crippen LogP contribution is -3.10. The van der Waals surface area contributed by atoms with Gasteiger partial charge in [-0.05, 0) is 30.3 Å². The monoisotopic (exact) mass is 417 g/mol. The minimum absolute atomic E-state index is 0.0983. The first-order valence-electron chi connectivity index (χ1n) is 7.78. The number of hydrogen-bond donors (Lipinski definition) is 2. The predicted octanol–water partition coefficient (Wildman–Crippen LogP) is 1.86. The first-order chi connectivity index (χ1) is 12.2. The van der Waals surface area contributed by atoms with Crippen molar-refractivity contribution in [2.45, 2.75) is 0 Å². The average molecular weight is 418 g/mol. The zero-order valence-electron chi connectivity index (χ0n) is 14.0. The molecule has 0 aliphatic carbocycles. The van der Waals surface area contributed by atoms with Crippen LogP contribution in [0.1, 0.15) is 0 Å². The number of hydrogen-bond acceptors (Lipinski definition) is 4. The molecular weight excluding hydrogens is 399 g/mol. The molecule has 0 heterocycles. The maximum absolute atomic E-state index is 12.0. The molecule has 0 saturated carbocycles. The van der Waals surface area contributed by atoms with Gasteiger partial charge in [-0.25, -0.2) is 0 Å². The van der Waals surface area contributed by atoms with E-state index in [0.717, 1.165) is 4.90 Å². The van der Waals surface area contributed by atoms with Crippen molar-refractivity contribution in [3.05, 3.63) is 58.6 Å². The highest BCUT2D eigenvalue weighted by Crippen LogP contribution is 2.24. The number of likely N-dealkylation sites (N-methyl/N-ethyl adjacent to an activating group) is 1. The molecule has 2 aromatic carbocycles. The summed E-state index contributed by atoms with van der Waals surface area (Å²) in [7, 11) is -1.99. The minimum Gasteiger partial charge on any atom is -0.382 e. The Morgan fingerprint density at radius 3 is 2.46 bits per heavy atom. The van der Waals surface area contributed by atoms with Gasteiger partial charge in [0, 0.05) is 5.69 Å². The molecule has 6 nitrogen and oxygen atoms in total. The van der Waals surface area contributed by atoms with Crippen molar-refractivity contribution in [3.8, 4) is 5.75 Å². The van der Waals surface area contributed by atoms with Crippen molar-refractivity contribution in [1.82, 2.24) is 0 Å². The summed E-state index contributed by atoms with van der Waals surface area (Å²) in [5.41, 5.74) is 0.525. The highest BCUT2D eigenvalue weighted by molar-refractivity contribution is 7.87. The lowest BCUT2D eigenvalue weighted by atomic mass is 10.3. The summed E-state index contributed by atoms with van der Waals surface area (Å²) in [6.45, 7) is 0.324. The Balaban J connectivity index is 1.81.